The molecule has 4 aromatic rings. The maximum Gasteiger partial charge on any atom is 0.242 e. The zero-order valence-electron chi connectivity index (χ0n) is 15.6. The predicted molar refractivity (Wildman–Crippen MR) is 108 cm³/mol. The van der Waals surface area contributed by atoms with Gasteiger partial charge in [0.15, 0.2) is 10.8 Å². The summed E-state index contributed by atoms with van der Waals surface area (Å²) in [7, 11) is 1.59. The number of Topliss-reactive ketones (excluding diaryl/α,β-unsaturated/α-hetero) is 1. The summed E-state index contributed by atoms with van der Waals surface area (Å²) in [5.41, 5.74) is 2.55. The summed E-state index contributed by atoms with van der Waals surface area (Å²) in [5, 5.41) is 4.80. The highest BCUT2D eigenvalue weighted by Gasteiger charge is 2.27. The fraction of sp³-hybridized carbons (Fsp3) is 0.143. The molecule has 0 fully saturated rings. The van der Waals surface area contributed by atoms with Gasteiger partial charge >= 0.3 is 0 Å². The van der Waals surface area contributed by atoms with Crippen LogP contribution >= 0.6 is 11.3 Å². The normalized spacial score (nSPS) is 11.0. The second-order valence-corrected chi connectivity index (χ2v) is 7.32. The van der Waals surface area contributed by atoms with Crippen molar-refractivity contribution in [3.05, 3.63) is 70.5 Å². The lowest BCUT2D eigenvalue weighted by molar-refractivity contribution is 0.0988. The molecule has 7 heteroatoms. The second-order valence-electron chi connectivity index (χ2n) is 6.29. The van der Waals surface area contributed by atoms with Gasteiger partial charge in [-0.05, 0) is 50.2 Å². The molecule has 0 N–H and O–H groups in total. The van der Waals surface area contributed by atoms with E-state index in [0.717, 1.165) is 15.9 Å². The van der Waals surface area contributed by atoms with Crippen LogP contribution < -0.4 is 4.74 Å². The van der Waals surface area contributed by atoms with Gasteiger partial charge in [0.05, 0.1) is 34.3 Å². The van der Waals surface area contributed by atoms with E-state index >= 15 is 0 Å². The van der Waals surface area contributed by atoms with Crippen molar-refractivity contribution in [2.24, 2.45) is 0 Å². The third-order valence-electron chi connectivity index (χ3n) is 4.49. The maximum atomic E-state index is 13.1. The third kappa shape index (κ3) is 2.99. The summed E-state index contributed by atoms with van der Waals surface area (Å²) >= 11 is 1.30. The predicted octanol–water partition coefficient (Wildman–Crippen LogP) is 4.23. The average molecular weight is 391 g/mol. The van der Waals surface area contributed by atoms with E-state index in [9.17, 15) is 9.59 Å². The summed E-state index contributed by atoms with van der Waals surface area (Å²) < 4.78 is 7.71. The number of ketones is 2. The number of thiazole rings is 1. The van der Waals surface area contributed by atoms with Crippen LogP contribution in [0.2, 0.25) is 0 Å². The zero-order chi connectivity index (χ0) is 19.8. The van der Waals surface area contributed by atoms with Gasteiger partial charge in [-0.25, -0.2) is 9.67 Å². The van der Waals surface area contributed by atoms with Gasteiger partial charge in [0.25, 0.3) is 0 Å². The van der Waals surface area contributed by atoms with Crippen LogP contribution in [0, 0.1) is 6.92 Å². The van der Waals surface area contributed by atoms with E-state index in [1.54, 1.807) is 30.8 Å². The van der Waals surface area contributed by atoms with Crippen molar-refractivity contribution in [3.63, 3.8) is 0 Å². The van der Waals surface area contributed by atoms with E-state index in [-0.39, 0.29) is 17.3 Å². The molecule has 140 valence electrons. The number of fused-ring (bicyclic) bond motifs is 1. The Hall–Kier alpha value is -3.32. The van der Waals surface area contributed by atoms with Crippen molar-refractivity contribution in [2.75, 3.05) is 7.11 Å². The Morgan fingerprint density at radius 1 is 1.07 bits per heavy atom. The second kappa shape index (κ2) is 7.01. The molecule has 0 spiro atoms. The van der Waals surface area contributed by atoms with Crippen molar-refractivity contribution < 1.29 is 14.3 Å². The Morgan fingerprint density at radius 3 is 2.43 bits per heavy atom. The molecule has 0 amide bonds. The SMILES string of the molecule is COc1ccc(-n2nc(C(=O)c3nc4ccccc4s3)c(C(C)=O)c2C)cc1. The van der Waals surface area contributed by atoms with E-state index in [0.29, 0.717) is 22.0 Å². The Balaban J connectivity index is 1.83. The van der Waals surface area contributed by atoms with Crippen LogP contribution in [-0.4, -0.2) is 33.4 Å². The van der Waals surface area contributed by atoms with Gasteiger partial charge in [-0.15, -0.1) is 11.3 Å². The number of carbonyl (C=O) groups is 2. The fourth-order valence-electron chi connectivity index (χ4n) is 3.13. The summed E-state index contributed by atoms with van der Waals surface area (Å²) in [5.74, 6) is 0.162. The monoisotopic (exact) mass is 391 g/mol. The average Bonchev–Trinajstić information content (AvgIpc) is 3.28. The molecular formula is C21H17N3O3S. The molecule has 0 aliphatic carbocycles. The number of hydrogen-bond donors (Lipinski definition) is 0. The molecule has 0 aliphatic rings. The lowest BCUT2D eigenvalue weighted by Gasteiger charge is -2.05. The number of nitrogens with zero attached hydrogens (tertiary/aromatic N) is 3. The topological polar surface area (TPSA) is 74.1 Å². The molecule has 4 rings (SSSR count). The molecule has 0 unspecified atom stereocenters. The molecule has 0 saturated carbocycles. The molecule has 0 atom stereocenters. The molecular weight excluding hydrogens is 374 g/mol. The molecule has 6 nitrogen and oxygen atoms in total. The standard InChI is InChI=1S/C21H17N3O3S/c1-12-18(13(2)25)19(23-24(12)14-8-10-15(27-3)11-9-14)20(26)21-22-16-6-4-5-7-17(16)28-21/h4-11H,1-3H3. The first-order valence-electron chi connectivity index (χ1n) is 8.65. The van der Waals surface area contributed by atoms with Gasteiger partial charge in [0.1, 0.15) is 11.4 Å². The van der Waals surface area contributed by atoms with Crippen molar-refractivity contribution in [1.29, 1.82) is 0 Å². The smallest absolute Gasteiger partial charge is 0.242 e. The Kier molecular flexibility index (Phi) is 4.52. The lowest BCUT2D eigenvalue weighted by Crippen LogP contribution is -2.08. The molecule has 2 heterocycles. The van der Waals surface area contributed by atoms with Crippen molar-refractivity contribution in [1.82, 2.24) is 14.8 Å². The summed E-state index contributed by atoms with van der Waals surface area (Å²) in [6.07, 6.45) is 0. The molecule has 0 bridgehead atoms. The molecule has 0 saturated heterocycles. The van der Waals surface area contributed by atoms with E-state index in [1.165, 1.54) is 18.3 Å². The van der Waals surface area contributed by atoms with E-state index in [4.69, 9.17) is 4.74 Å². The molecule has 28 heavy (non-hydrogen) atoms. The Morgan fingerprint density at radius 2 is 1.79 bits per heavy atom. The fourth-order valence-corrected chi connectivity index (χ4v) is 4.03. The Bertz CT molecular complexity index is 1170. The van der Waals surface area contributed by atoms with Crippen LogP contribution in [0.3, 0.4) is 0 Å². The van der Waals surface area contributed by atoms with Gasteiger partial charge in [-0.2, -0.15) is 5.10 Å². The van der Waals surface area contributed by atoms with Crippen LogP contribution in [0.1, 0.15) is 38.5 Å². The first kappa shape index (κ1) is 18.1. The number of hydrogen-bond acceptors (Lipinski definition) is 6. The van der Waals surface area contributed by atoms with Gasteiger partial charge in [-0.3, -0.25) is 9.59 Å². The summed E-state index contributed by atoms with van der Waals surface area (Å²) in [6, 6.07) is 14.8. The number of para-hydroxylation sites is 1. The largest absolute Gasteiger partial charge is 0.497 e. The van der Waals surface area contributed by atoms with Crippen LogP contribution in [0.15, 0.2) is 48.5 Å². The van der Waals surface area contributed by atoms with Gasteiger partial charge in [0, 0.05) is 0 Å². The van der Waals surface area contributed by atoms with Gasteiger partial charge < -0.3 is 4.74 Å². The zero-order valence-corrected chi connectivity index (χ0v) is 16.4. The number of aromatic nitrogens is 3. The van der Waals surface area contributed by atoms with Crippen LogP contribution in [0.5, 0.6) is 5.75 Å². The van der Waals surface area contributed by atoms with E-state index in [2.05, 4.69) is 10.1 Å². The van der Waals surface area contributed by atoms with Crippen molar-refractivity contribution in [2.45, 2.75) is 13.8 Å². The highest BCUT2D eigenvalue weighted by Crippen LogP contribution is 2.27. The highest BCUT2D eigenvalue weighted by atomic mass is 32.1. The van der Waals surface area contributed by atoms with Crippen LogP contribution in [0.25, 0.3) is 15.9 Å². The number of ether oxygens (including phenoxy) is 1. The molecule has 2 aromatic carbocycles. The van der Waals surface area contributed by atoms with Gasteiger partial charge in [-0.1, -0.05) is 12.1 Å². The first-order valence-corrected chi connectivity index (χ1v) is 9.46. The van der Waals surface area contributed by atoms with Crippen molar-refractivity contribution in [3.8, 4) is 11.4 Å². The molecule has 0 radical (unpaired) electrons. The number of methoxy groups -OCH3 is 1. The summed E-state index contributed by atoms with van der Waals surface area (Å²) in [6.45, 7) is 3.22. The third-order valence-corrected chi connectivity index (χ3v) is 5.52. The molecule has 0 aliphatic heterocycles. The van der Waals surface area contributed by atoms with E-state index in [1.807, 2.05) is 36.4 Å². The van der Waals surface area contributed by atoms with Crippen LogP contribution in [-0.2, 0) is 0 Å². The molecule has 2 aromatic heterocycles. The van der Waals surface area contributed by atoms with Crippen molar-refractivity contribution >= 4 is 33.1 Å². The summed E-state index contributed by atoms with van der Waals surface area (Å²) in [4.78, 5) is 29.9. The van der Waals surface area contributed by atoms with Crippen LogP contribution in [0.4, 0.5) is 0 Å². The minimum atomic E-state index is -0.346. The van der Waals surface area contributed by atoms with Gasteiger partial charge in [0.2, 0.25) is 5.78 Å². The first-order chi connectivity index (χ1) is 13.5. The number of benzene rings is 2. The highest BCUT2D eigenvalue weighted by molar-refractivity contribution is 7.20. The maximum absolute atomic E-state index is 13.1. The minimum absolute atomic E-state index is 0.125. The lowest BCUT2D eigenvalue weighted by atomic mass is 10.1. The number of carbonyl (C=O) groups excluding carboxylic acids is 2. The number of rotatable bonds is 5. The minimum Gasteiger partial charge on any atom is -0.497 e. The Labute approximate surface area is 165 Å². The van der Waals surface area contributed by atoms with E-state index < -0.39 is 0 Å². The quantitative estimate of drug-likeness (QED) is 0.476.